The molecule has 104 valence electrons. The average molecular weight is 293 g/mol. The molecule has 0 aromatic carbocycles. The molecule has 18 heavy (non-hydrogen) atoms. The third kappa shape index (κ3) is 4.33. The van der Waals surface area contributed by atoms with Crippen LogP contribution >= 0.6 is 11.3 Å². The van der Waals surface area contributed by atoms with Crippen molar-refractivity contribution in [2.75, 3.05) is 13.2 Å². The molecule has 0 spiro atoms. The minimum Gasteiger partial charge on any atom is -0.391 e. The molecule has 1 aromatic heterocycles. The van der Waals surface area contributed by atoms with Gasteiger partial charge in [0.15, 0.2) is 0 Å². The van der Waals surface area contributed by atoms with Crippen molar-refractivity contribution >= 4 is 21.4 Å². The Kier molecular flexibility index (Phi) is 5.74. The van der Waals surface area contributed by atoms with Crippen molar-refractivity contribution in [3.05, 3.63) is 15.8 Å². The Balaban J connectivity index is 2.65. The number of aryl methyl sites for hydroxylation is 1. The van der Waals surface area contributed by atoms with Gasteiger partial charge in [-0.2, -0.15) is 0 Å². The standard InChI is InChI=1S/C11H19NO4S2/c1-8(2)16-5-4-12-18(14,15)11-6-10(7-13)17-9(11)3/h6,8,12-13H,4-5,7H2,1-3H3. The Labute approximate surface area is 112 Å². The summed E-state index contributed by atoms with van der Waals surface area (Å²) in [4.78, 5) is 1.56. The van der Waals surface area contributed by atoms with E-state index in [1.54, 1.807) is 6.92 Å². The second-order valence-electron chi connectivity index (χ2n) is 4.11. The second-order valence-corrected chi connectivity index (χ2v) is 7.18. The summed E-state index contributed by atoms with van der Waals surface area (Å²) in [5, 5.41) is 8.99. The van der Waals surface area contributed by atoms with Crippen molar-refractivity contribution in [3.63, 3.8) is 0 Å². The van der Waals surface area contributed by atoms with E-state index in [0.29, 0.717) is 16.4 Å². The first-order valence-corrected chi connectivity index (χ1v) is 7.98. The number of nitrogens with one attached hydrogen (secondary N) is 1. The maximum absolute atomic E-state index is 12.0. The van der Waals surface area contributed by atoms with Crippen LogP contribution in [0.4, 0.5) is 0 Å². The van der Waals surface area contributed by atoms with Gasteiger partial charge in [0.2, 0.25) is 10.0 Å². The van der Waals surface area contributed by atoms with Gasteiger partial charge < -0.3 is 9.84 Å². The van der Waals surface area contributed by atoms with Crippen LogP contribution in [0.1, 0.15) is 23.6 Å². The molecule has 0 fully saturated rings. The van der Waals surface area contributed by atoms with Crippen LogP contribution in [0.5, 0.6) is 0 Å². The van der Waals surface area contributed by atoms with E-state index in [1.165, 1.54) is 17.4 Å². The molecule has 7 heteroatoms. The largest absolute Gasteiger partial charge is 0.391 e. The van der Waals surface area contributed by atoms with Crippen molar-refractivity contribution in [2.24, 2.45) is 0 Å². The summed E-state index contributed by atoms with van der Waals surface area (Å²) >= 11 is 1.28. The van der Waals surface area contributed by atoms with Crippen LogP contribution in [0.3, 0.4) is 0 Å². The lowest BCUT2D eigenvalue weighted by Gasteiger charge is -2.09. The molecule has 0 amide bonds. The van der Waals surface area contributed by atoms with Crippen LogP contribution in [0.25, 0.3) is 0 Å². The van der Waals surface area contributed by atoms with Crippen LogP contribution in [-0.4, -0.2) is 32.8 Å². The molecule has 1 heterocycles. The summed E-state index contributed by atoms with van der Waals surface area (Å²) in [5.74, 6) is 0. The first-order chi connectivity index (χ1) is 8.36. The maximum atomic E-state index is 12.0. The second kappa shape index (κ2) is 6.63. The minimum atomic E-state index is -3.51. The van der Waals surface area contributed by atoms with Crippen LogP contribution in [0.15, 0.2) is 11.0 Å². The van der Waals surface area contributed by atoms with E-state index in [4.69, 9.17) is 9.84 Å². The molecule has 2 N–H and O–H groups in total. The number of thiophene rings is 1. The summed E-state index contributed by atoms with van der Waals surface area (Å²) in [6.07, 6.45) is 0.0818. The quantitative estimate of drug-likeness (QED) is 0.742. The zero-order chi connectivity index (χ0) is 13.8. The number of rotatable bonds is 7. The minimum absolute atomic E-state index is 0.0818. The molecule has 0 aliphatic carbocycles. The van der Waals surface area contributed by atoms with E-state index in [1.807, 2.05) is 13.8 Å². The maximum Gasteiger partial charge on any atom is 0.241 e. The molecule has 0 atom stereocenters. The van der Waals surface area contributed by atoms with E-state index in [-0.39, 0.29) is 24.2 Å². The Morgan fingerprint density at radius 3 is 2.67 bits per heavy atom. The number of sulfonamides is 1. The van der Waals surface area contributed by atoms with Gasteiger partial charge in [-0.15, -0.1) is 11.3 Å². The normalized spacial score (nSPS) is 12.3. The van der Waals surface area contributed by atoms with Gasteiger partial charge in [-0.05, 0) is 26.8 Å². The molecule has 1 rings (SSSR count). The predicted molar refractivity (Wildman–Crippen MR) is 71.3 cm³/mol. The van der Waals surface area contributed by atoms with Gasteiger partial charge in [-0.25, -0.2) is 13.1 Å². The molecule has 0 saturated carbocycles. The molecular formula is C11H19NO4S2. The van der Waals surface area contributed by atoms with Crippen molar-refractivity contribution in [2.45, 2.75) is 38.4 Å². The van der Waals surface area contributed by atoms with Crippen molar-refractivity contribution in [1.29, 1.82) is 0 Å². The van der Waals surface area contributed by atoms with E-state index < -0.39 is 10.0 Å². The van der Waals surface area contributed by atoms with Gasteiger partial charge in [0.25, 0.3) is 0 Å². The summed E-state index contributed by atoms with van der Waals surface area (Å²) in [7, 11) is -3.51. The lowest BCUT2D eigenvalue weighted by Crippen LogP contribution is -2.28. The highest BCUT2D eigenvalue weighted by atomic mass is 32.2. The Bertz CT molecular complexity index is 479. The van der Waals surface area contributed by atoms with Crippen molar-refractivity contribution in [3.8, 4) is 0 Å². The van der Waals surface area contributed by atoms with Gasteiger partial charge in [0.05, 0.1) is 24.2 Å². The van der Waals surface area contributed by atoms with Gasteiger partial charge in [0, 0.05) is 16.3 Å². The third-order valence-electron chi connectivity index (χ3n) is 2.21. The molecule has 0 radical (unpaired) electrons. The fourth-order valence-electron chi connectivity index (χ4n) is 1.42. The number of hydrogen-bond acceptors (Lipinski definition) is 5. The summed E-state index contributed by atoms with van der Waals surface area (Å²) < 4.78 is 31.7. The molecule has 0 aliphatic rings. The third-order valence-corrected chi connectivity index (χ3v) is 4.97. The highest BCUT2D eigenvalue weighted by molar-refractivity contribution is 7.89. The predicted octanol–water partition coefficient (Wildman–Crippen LogP) is 1.25. The van der Waals surface area contributed by atoms with Gasteiger partial charge in [-0.1, -0.05) is 0 Å². The van der Waals surface area contributed by atoms with Crippen LogP contribution < -0.4 is 4.72 Å². The number of aliphatic hydroxyl groups is 1. The Hall–Kier alpha value is -0.470. The monoisotopic (exact) mass is 293 g/mol. The molecule has 0 saturated heterocycles. The zero-order valence-corrected chi connectivity index (χ0v) is 12.4. The van der Waals surface area contributed by atoms with Gasteiger partial charge in [0.1, 0.15) is 0 Å². The lowest BCUT2D eigenvalue weighted by molar-refractivity contribution is 0.0834. The molecular weight excluding hydrogens is 274 g/mol. The number of aliphatic hydroxyl groups excluding tert-OH is 1. The number of ether oxygens (including phenoxy) is 1. The summed E-state index contributed by atoms with van der Waals surface area (Å²) in [6.45, 7) is 5.95. The molecule has 0 aliphatic heterocycles. The van der Waals surface area contributed by atoms with Crippen LogP contribution in [0.2, 0.25) is 0 Å². The lowest BCUT2D eigenvalue weighted by atomic mass is 10.4. The average Bonchev–Trinajstić information content (AvgIpc) is 2.66. The highest BCUT2D eigenvalue weighted by Crippen LogP contribution is 2.25. The fraction of sp³-hybridized carbons (Fsp3) is 0.636. The van der Waals surface area contributed by atoms with E-state index >= 15 is 0 Å². The van der Waals surface area contributed by atoms with E-state index in [0.717, 1.165) is 0 Å². The van der Waals surface area contributed by atoms with Crippen LogP contribution in [-0.2, 0) is 21.4 Å². The smallest absolute Gasteiger partial charge is 0.241 e. The fourth-order valence-corrected chi connectivity index (χ4v) is 3.92. The Morgan fingerprint density at radius 2 is 2.17 bits per heavy atom. The van der Waals surface area contributed by atoms with Gasteiger partial charge >= 0.3 is 0 Å². The zero-order valence-electron chi connectivity index (χ0n) is 10.8. The molecule has 0 bridgehead atoms. The van der Waals surface area contributed by atoms with Crippen molar-refractivity contribution in [1.82, 2.24) is 4.72 Å². The van der Waals surface area contributed by atoms with Crippen molar-refractivity contribution < 1.29 is 18.3 Å². The first kappa shape index (κ1) is 15.6. The number of hydrogen-bond donors (Lipinski definition) is 2. The summed E-state index contributed by atoms with van der Waals surface area (Å²) in [5.41, 5.74) is 0. The molecule has 1 aromatic rings. The van der Waals surface area contributed by atoms with Gasteiger partial charge in [-0.3, -0.25) is 0 Å². The summed E-state index contributed by atoms with van der Waals surface area (Å²) in [6, 6.07) is 1.51. The first-order valence-electron chi connectivity index (χ1n) is 5.68. The SMILES string of the molecule is Cc1sc(CO)cc1S(=O)(=O)NCCOC(C)C. The molecule has 5 nitrogen and oxygen atoms in total. The Morgan fingerprint density at radius 1 is 1.50 bits per heavy atom. The van der Waals surface area contributed by atoms with E-state index in [9.17, 15) is 8.42 Å². The topological polar surface area (TPSA) is 75.6 Å². The van der Waals surface area contributed by atoms with E-state index in [2.05, 4.69) is 4.72 Å². The highest BCUT2D eigenvalue weighted by Gasteiger charge is 2.19. The molecule has 0 unspecified atom stereocenters. The van der Waals surface area contributed by atoms with Crippen LogP contribution in [0, 0.1) is 6.92 Å².